The number of anilines is 2. The Morgan fingerprint density at radius 3 is 2.75 bits per heavy atom. The van der Waals surface area contributed by atoms with Gasteiger partial charge < -0.3 is 10.6 Å². The quantitative estimate of drug-likeness (QED) is 0.872. The van der Waals surface area contributed by atoms with Crippen molar-refractivity contribution in [2.45, 2.75) is 20.3 Å². The third-order valence-electron chi connectivity index (χ3n) is 2.61. The number of carbonyl (C=O) groups is 1. The van der Waals surface area contributed by atoms with Crippen molar-refractivity contribution in [3.05, 3.63) is 41.9 Å². The predicted octanol–water partition coefficient (Wildman–Crippen LogP) is 2.25. The first kappa shape index (κ1) is 13.9. The van der Waals surface area contributed by atoms with Crippen molar-refractivity contribution in [1.82, 2.24) is 15.2 Å². The molecular formula is C14H17N5O. The molecule has 0 atom stereocenters. The molecule has 6 heteroatoms. The van der Waals surface area contributed by atoms with Crippen LogP contribution in [0.5, 0.6) is 0 Å². The average molecular weight is 271 g/mol. The molecule has 20 heavy (non-hydrogen) atoms. The van der Waals surface area contributed by atoms with E-state index in [2.05, 4.69) is 32.7 Å². The molecule has 2 rings (SSSR count). The van der Waals surface area contributed by atoms with E-state index < -0.39 is 0 Å². The molecule has 0 bridgehead atoms. The highest BCUT2D eigenvalue weighted by Crippen LogP contribution is 2.09. The van der Waals surface area contributed by atoms with Crippen molar-refractivity contribution in [3.63, 3.8) is 0 Å². The molecule has 0 unspecified atom stereocenters. The average Bonchev–Trinajstić information content (AvgIpc) is 2.45. The molecule has 0 aliphatic rings. The molecule has 0 aromatic carbocycles. The minimum absolute atomic E-state index is 0.279. The number of nitrogens with zero attached hydrogens (tertiary/aromatic N) is 3. The maximum absolute atomic E-state index is 12.0. The van der Waals surface area contributed by atoms with Gasteiger partial charge in [0, 0.05) is 24.1 Å². The molecule has 6 nitrogen and oxygen atoms in total. The van der Waals surface area contributed by atoms with Crippen molar-refractivity contribution in [2.24, 2.45) is 0 Å². The van der Waals surface area contributed by atoms with E-state index in [-0.39, 0.29) is 11.6 Å². The summed E-state index contributed by atoms with van der Waals surface area (Å²) in [5.41, 5.74) is 1.81. The van der Waals surface area contributed by atoms with Gasteiger partial charge in [-0.3, -0.25) is 9.78 Å². The first-order chi connectivity index (χ1) is 9.69. The van der Waals surface area contributed by atoms with Crippen LogP contribution in [-0.2, 0) is 0 Å². The normalized spacial score (nSPS) is 10.1. The molecular weight excluding hydrogens is 254 g/mol. The van der Waals surface area contributed by atoms with Gasteiger partial charge in [0.2, 0.25) is 0 Å². The van der Waals surface area contributed by atoms with Crippen molar-refractivity contribution in [3.8, 4) is 0 Å². The van der Waals surface area contributed by atoms with E-state index in [4.69, 9.17) is 0 Å². The molecule has 0 radical (unpaired) electrons. The summed E-state index contributed by atoms with van der Waals surface area (Å²) >= 11 is 0. The number of pyridine rings is 1. The van der Waals surface area contributed by atoms with E-state index in [9.17, 15) is 4.79 Å². The molecule has 104 valence electrons. The summed E-state index contributed by atoms with van der Waals surface area (Å²) in [6.07, 6.45) is 2.65. The van der Waals surface area contributed by atoms with E-state index in [1.807, 2.05) is 6.92 Å². The lowest BCUT2D eigenvalue weighted by Crippen LogP contribution is -2.15. The van der Waals surface area contributed by atoms with Gasteiger partial charge in [-0.25, -0.2) is 0 Å². The van der Waals surface area contributed by atoms with Gasteiger partial charge in [-0.05, 0) is 37.6 Å². The van der Waals surface area contributed by atoms with Crippen molar-refractivity contribution >= 4 is 17.4 Å². The zero-order chi connectivity index (χ0) is 14.4. The Morgan fingerprint density at radius 1 is 1.25 bits per heavy atom. The summed E-state index contributed by atoms with van der Waals surface area (Å²) in [5, 5.41) is 13.7. The minimum Gasteiger partial charge on any atom is -0.369 e. The molecule has 2 N–H and O–H groups in total. The largest absolute Gasteiger partial charge is 0.369 e. The van der Waals surface area contributed by atoms with Crippen molar-refractivity contribution < 1.29 is 4.79 Å². The summed E-state index contributed by atoms with van der Waals surface area (Å²) < 4.78 is 0. The highest BCUT2D eigenvalue weighted by molar-refractivity contribution is 6.02. The second-order valence-corrected chi connectivity index (χ2v) is 4.37. The number of carbonyl (C=O) groups excluding carboxylic acids is 1. The topological polar surface area (TPSA) is 79.8 Å². The Bertz CT molecular complexity index is 582. The highest BCUT2D eigenvalue weighted by atomic mass is 16.1. The van der Waals surface area contributed by atoms with Crippen molar-refractivity contribution in [2.75, 3.05) is 17.2 Å². The lowest BCUT2D eigenvalue weighted by Gasteiger charge is -2.06. The molecule has 0 aliphatic carbocycles. The first-order valence-corrected chi connectivity index (χ1v) is 6.50. The third-order valence-corrected chi connectivity index (χ3v) is 2.61. The zero-order valence-corrected chi connectivity index (χ0v) is 11.6. The van der Waals surface area contributed by atoms with Gasteiger partial charge in [-0.1, -0.05) is 6.92 Å². The molecule has 0 saturated carbocycles. The number of amides is 1. The Morgan fingerprint density at radius 2 is 2.10 bits per heavy atom. The fraction of sp³-hybridized carbons (Fsp3) is 0.286. The lowest BCUT2D eigenvalue weighted by molar-refractivity contribution is 0.102. The van der Waals surface area contributed by atoms with Gasteiger partial charge in [-0.15, -0.1) is 10.2 Å². The highest BCUT2D eigenvalue weighted by Gasteiger charge is 2.08. The van der Waals surface area contributed by atoms with Crippen LogP contribution < -0.4 is 10.6 Å². The smallest absolute Gasteiger partial charge is 0.276 e. The van der Waals surface area contributed by atoms with Gasteiger partial charge in [0.05, 0.1) is 0 Å². The van der Waals surface area contributed by atoms with Crippen LogP contribution in [0.25, 0.3) is 0 Å². The van der Waals surface area contributed by atoms with Crippen LogP contribution in [-0.4, -0.2) is 27.6 Å². The van der Waals surface area contributed by atoms with E-state index in [1.165, 1.54) is 0 Å². The third kappa shape index (κ3) is 3.74. The number of hydrogen-bond acceptors (Lipinski definition) is 5. The van der Waals surface area contributed by atoms with E-state index in [1.54, 1.807) is 30.5 Å². The summed E-state index contributed by atoms with van der Waals surface area (Å²) in [6.45, 7) is 4.76. The molecule has 2 heterocycles. The number of rotatable bonds is 5. The molecule has 0 spiro atoms. The number of nitrogens with one attached hydrogen (secondary N) is 2. The molecule has 1 amide bonds. The van der Waals surface area contributed by atoms with E-state index >= 15 is 0 Å². The van der Waals surface area contributed by atoms with Gasteiger partial charge in [-0.2, -0.15) is 0 Å². The molecule has 0 fully saturated rings. The van der Waals surface area contributed by atoms with Crippen LogP contribution in [0.2, 0.25) is 0 Å². The van der Waals surface area contributed by atoms with Gasteiger partial charge in [0.15, 0.2) is 5.69 Å². The van der Waals surface area contributed by atoms with Crippen LogP contribution in [0.15, 0.2) is 30.5 Å². The van der Waals surface area contributed by atoms with Crippen LogP contribution in [0.4, 0.5) is 11.5 Å². The second-order valence-electron chi connectivity index (χ2n) is 4.37. The summed E-state index contributed by atoms with van der Waals surface area (Å²) in [4.78, 5) is 16.1. The molecule has 2 aromatic heterocycles. The van der Waals surface area contributed by atoms with Crippen LogP contribution in [0, 0.1) is 6.92 Å². The first-order valence-electron chi connectivity index (χ1n) is 6.50. The van der Waals surface area contributed by atoms with Crippen molar-refractivity contribution in [1.29, 1.82) is 0 Å². The number of aryl methyl sites for hydroxylation is 1. The van der Waals surface area contributed by atoms with Gasteiger partial charge in [0.25, 0.3) is 5.91 Å². The van der Waals surface area contributed by atoms with E-state index in [0.29, 0.717) is 11.5 Å². The van der Waals surface area contributed by atoms with Gasteiger partial charge in [0.1, 0.15) is 5.82 Å². The van der Waals surface area contributed by atoms with Gasteiger partial charge >= 0.3 is 0 Å². The Labute approximate surface area is 117 Å². The standard InChI is InChI=1S/C14H17N5O/c1-3-7-16-13-5-4-12(18-19-13)14(20)17-11-6-8-15-10(2)9-11/h4-6,8-9H,3,7H2,1-2H3,(H,16,19)(H,15,17,20). The molecule has 2 aromatic rings. The van der Waals surface area contributed by atoms with Crippen LogP contribution in [0.3, 0.4) is 0 Å². The molecule has 0 saturated heterocycles. The monoisotopic (exact) mass is 271 g/mol. The predicted molar refractivity (Wildman–Crippen MR) is 77.7 cm³/mol. The SMILES string of the molecule is CCCNc1ccc(C(=O)Nc2ccnc(C)c2)nn1. The Hall–Kier alpha value is -2.50. The maximum atomic E-state index is 12.0. The minimum atomic E-state index is -0.287. The fourth-order valence-electron chi connectivity index (χ4n) is 1.62. The molecule has 0 aliphatic heterocycles. The maximum Gasteiger partial charge on any atom is 0.276 e. The van der Waals surface area contributed by atoms with E-state index in [0.717, 1.165) is 18.7 Å². The summed E-state index contributed by atoms with van der Waals surface area (Å²) in [6, 6.07) is 6.92. The summed E-state index contributed by atoms with van der Waals surface area (Å²) in [5.74, 6) is 0.383. The zero-order valence-electron chi connectivity index (χ0n) is 11.6. The lowest BCUT2D eigenvalue weighted by atomic mass is 10.3. The Kier molecular flexibility index (Phi) is 4.60. The van der Waals surface area contributed by atoms with Crippen LogP contribution >= 0.6 is 0 Å². The Balaban J connectivity index is 2.02. The fourth-order valence-corrected chi connectivity index (χ4v) is 1.62. The second kappa shape index (κ2) is 6.60. The summed E-state index contributed by atoms with van der Waals surface area (Å²) in [7, 11) is 0. The number of hydrogen-bond donors (Lipinski definition) is 2. The van der Waals surface area contributed by atoms with Crippen LogP contribution in [0.1, 0.15) is 29.5 Å². The number of aromatic nitrogens is 3.